The Morgan fingerprint density at radius 1 is 0.950 bits per heavy atom. The van der Waals surface area contributed by atoms with E-state index >= 15 is 0 Å². The minimum Gasteiger partial charge on any atom is -0.354 e. The molecule has 0 spiro atoms. The van der Waals surface area contributed by atoms with Crippen molar-refractivity contribution in [1.29, 1.82) is 0 Å². The molecule has 0 saturated carbocycles. The fourth-order valence-electron chi connectivity index (χ4n) is 4.08. The van der Waals surface area contributed by atoms with Crippen LogP contribution in [0.4, 0.5) is 5.69 Å². The van der Waals surface area contributed by atoms with Crippen molar-refractivity contribution in [2.75, 3.05) is 17.4 Å². The maximum atomic E-state index is 14.1. The van der Waals surface area contributed by atoms with Crippen LogP contribution in [0.25, 0.3) is 0 Å². The first-order chi connectivity index (χ1) is 18.9. The number of hydrogen-bond donors (Lipinski definition) is 1. The predicted octanol–water partition coefficient (Wildman–Crippen LogP) is 6.53. The molecule has 0 aliphatic heterocycles. The van der Waals surface area contributed by atoms with E-state index in [1.807, 2.05) is 13.8 Å². The summed E-state index contributed by atoms with van der Waals surface area (Å²) in [4.78, 5) is 28.8. The second kappa shape index (κ2) is 14.3. The number of sulfonamides is 1. The third kappa shape index (κ3) is 8.00. The Balaban J connectivity index is 2.08. The van der Waals surface area contributed by atoms with E-state index in [2.05, 4.69) is 21.2 Å². The lowest BCUT2D eigenvalue weighted by molar-refractivity contribution is -0.140. The summed E-state index contributed by atoms with van der Waals surface area (Å²) in [5, 5.41) is 3.57. The first-order valence-corrected chi connectivity index (χ1v) is 15.8. The van der Waals surface area contributed by atoms with E-state index < -0.39 is 28.5 Å². The molecule has 0 heterocycles. The van der Waals surface area contributed by atoms with E-state index in [4.69, 9.17) is 23.2 Å². The summed E-state index contributed by atoms with van der Waals surface area (Å²) in [6.45, 7) is 5.53. The van der Waals surface area contributed by atoms with Crippen LogP contribution in [-0.4, -0.2) is 44.3 Å². The van der Waals surface area contributed by atoms with Gasteiger partial charge in [-0.25, -0.2) is 8.42 Å². The van der Waals surface area contributed by atoms with Gasteiger partial charge >= 0.3 is 0 Å². The van der Waals surface area contributed by atoms with Crippen molar-refractivity contribution in [2.24, 2.45) is 5.92 Å². The number of halogens is 3. The lowest BCUT2D eigenvalue weighted by atomic mass is 10.1. The van der Waals surface area contributed by atoms with E-state index in [1.54, 1.807) is 67.6 Å². The molecule has 0 aliphatic carbocycles. The van der Waals surface area contributed by atoms with Crippen molar-refractivity contribution in [1.82, 2.24) is 10.2 Å². The minimum absolute atomic E-state index is 0.0326. The van der Waals surface area contributed by atoms with E-state index in [9.17, 15) is 18.0 Å². The molecule has 3 rings (SSSR count). The first kappa shape index (κ1) is 31.9. The van der Waals surface area contributed by atoms with Crippen LogP contribution in [-0.2, 0) is 26.2 Å². The highest BCUT2D eigenvalue weighted by Gasteiger charge is 2.34. The zero-order valence-corrected chi connectivity index (χ0v) is 26.4. The minimum atomic E-state index is -4.15. The number of nitrogens with one attached hydrogen (secondary N) is 1. The van der Waals surface area contributed by atoms with Gasteiger partial charge in [0, 0.05) is 33.2 Å². The molecular weight excluding hydrogens is 637 g/mol. The summed E-state index contributed by atoms with van der Waals surface area (Å²) in [5.41, 5.74) is 0.758. The lowest BCUT2D eigenvalue weighted by Crippen LogP contribution is -2.52. The van der Waals surface area contributed by atoms with Crippen molar-refractivity contribution in [2.45, 2.75) is 44.7 Å². The first-order valence-electron chi connectivity index (χ1n) is 12.8. The van der Waals surface area contributed by atoms with Gasteiger partial charge in [-0.05, 0) is 54.8 Å². The highest BCUT2D eigenvalue weighted by atomic mass is 79.9. The molecule has 1 N–H and O–H groups in total. The Bertz CT molecular complexity index is 1420. The molecule has 0 aliphatic rings. The molecule has 40 heavy (non-hydrogen) atoms. The number of benzene rings is 3. The Kier molecular flexibility index (Phi) is 11.5. The summed E-state index contributed by atoms with van der Waals surface area (Å²) in [6, 6.07) is 18.7. The molecule has 0 radical (unpaired) electrons. The Morgan fingerprint density at radius 3 is 2.15 bits per heavy atom. The van der Waals surface area contributed by atoms with Crippen molar-refractivity contribution in [3.05, 3.63) is 92.9 Å². The monoisotopic (exact) mass is 667 g/mol. The van der Waals surface area contributed by atoms with Crippen molar-refractivity contribution >= 4 is 66.7 Å². The third-order valence-electron chi connectivity index (χ3n) is 6.17. The highest BCUT2D eigenvalue weighted by molar-refractivity contribution is 9.10. The number of rotatable bonds is 12. The molecule has 2 amide bonds. The van der Waals surface area contributed by atoms with Crippen LogP contribution >= 0.6 is 39.1 Å². The average molecular weight is 669 g/mol. The molecular formula is C29H32BrCl2N3O4S. The van der Waals surface area contributed by atoms with E-state index in [0.717, 1.165) is 4.31 Å². The summed E-state index contributed by atoms with van der Waals surface area (Å²) >= 11 is 16.3. The fourth-order valence-corrected chi connectivity index (χ4v) is 6.41. The van der Waals surface area contributed by atoms with Crippen LogP contribution in [0.15, 0.2) is 82.2 Å². The molecule has 1 atom stereocenters. The van der Waals surface area contributed by atoms with Crippen molar-refractivity contribution < 1.29 is 18.0 Å². The molecule has 214 valence electrons. The fraction of sp³-hybridized carbons (Fsp3) is 0.310. The van der Waals surface area contributed by atoms with E-state index in [1.165, 1.54) is 17.0 Å². The zero-order valence-electron chi connectivity index (χ0n) is 22.5. The number of hydrogen-bond acceptors (Lipinski definition) is 4. The van der Waals surface area contributed by atoms with E-state index in [0.29, 0.717) is 38.7 Å². The van der Waals surface area contributed by atoms with Gasteiger partial charge in [0.15, 0.2) is 0 Å². The lowest BCUT2D eigenvalue weighted by Gasteiger charge is -2.33. The van der Waals surface area contributed by atoms with Crippen LogP contribution in [0.1, 0.15) is 32.8 Å². The summed E-state index contributed by atoms with van der Waals surface area (Å²) in [6.07, 6.45) is 0.292. The van der Waals surface area contributed by atoms with E-state index in [-0.39, 0.29) is 23.3 Å². The molecule has 7 nitrogen and oxygen atoms in total. The molecule has 0 fully saturated rings. The van der Waals surface area contributed by atoms with Crippen LogP contribution < -0.4 is 9.62 Å². The number of amides is 2. The van der Waals surface area contributed by atoms with Gasteiger partial charge in [0.1, 0.15) is 12.6 Å². The van der Waals surface area contributed by atoms with Gasteiger partial charge in [-0.2, -0.15) is 0 Å². The summed E-state index contributed by atoms with van der Waals surface area (Å²) in [5.74, 6) is -0.721. The standard InChI is InChI=1S/C29H32BrCl2N3O4S/c1-4-27(29(37)33-17-20(2)3)34(18-24-25(31)14-9-15-26(24)32)28(36)19-35(22-11-8-10-21(30)16-22)40(38,39)23-12-6-5-7-13-23/h5-16,20,27H,4,17-19H2,1-3H3,(H,33,37)/t27-/m1/s1. The summed E-state index contributed by atoms with van der Waals surface area (Å²) < 4.78 is 29.4. The predicted molar refractivity (Wildman–Crippen MR) is 164 cm³/mol. The SMILES string of the molecule is CC[C@H](C(=O)NCC(C)C)N(Cc1c(Cl)cccc1Cl)C(=O)CN(c1cccc(Br)c1)S(=O)(=O)c1ccccc1. The van der Waals surface area contributed by atoms with Gasteiger partial charge in [0.25, 0.3) is 10.0 Å². The quantitative estimate of drug-likeness (QED) is 0.238. The topological polar surface area (TPSA) is 86.8 Å². The van der Waals surface area contributed by atoms with Gasteiger partial charge < -0.3 is 10.2 Å². The number of carbonyl (C=O) groups is 2. The molecule has 0 aromatic heterocycles. The molecule has 0 unspecified atom stereocenters. The molecule has 3 aromatic rings. The molecule has 3 aromatic carbocycles. The van der Waals surface area contributed by atoms with Crippen LogP contribution in [0.5, 0.6) is 0 Å². The highest BCUT2D eigenvalue weighted by Crippen LogP contribution is 2.29. The summed E-state index contributed by atoms with van der Waals surface area (Å²) in [7, 11) is -4.15. The van der Waals surface area contributed by atoms with Gasteiger partial charge in [0.05, 0.1) is 10.6 Å². The second-order valence-electron chi connectivity index (χ2n) is 9.59. The van der Waals surface area contributed by atoms with Crippen molar-refractivity contribution in [3.63, 3.8) is 0 Å². The molecule has 0 saturated heterocycles. The zero-order chi connectivity index (χ0) is 29.4. The van der Waals surface area contributed by atoms with Gasteiger partial charge in [-0.3, -0.25) is 13.9 Å². The normalized spacial score (nSPS) is 12.2. The number of anilines is 1. The second-order valence-corrected chi connectivity index (χ2v) is 13.2. The Morgan fingerprint density at radius 2 is 1.57 bits per heavy atom. The van der Waals surface area contributed by atoms with Gasteiger partial charge in [-0.1, -0.05) is 90.2 Å². The smallest absolute Gasteiger partial charge is 0.264 e. The average Bonchev–Trinajstić information content (AvgIpc) is 2.92. The van der Waals surface area contributed by atoms with Crippen LogP contribution in [0, 0.1) is 5.92 Å². The molecule has 11 heteroatoms. The number of nitrogens with zero attached hydrogens (tertiary/aromatic N) is 2. The van der Waals surface area contributed by atoms with Crippen molar-refractivity contribution in [3.8, 4) is 0 Å². The Hall–Kier alpha value is -2.59. The third-order valence-corrected chi connectivity index (χ3v) is 9.16. The maximum Gasteiger partial charge on any atom is 0.264 e. The largest absolute Gasteiger partial charge is 0.354 e. The van der Waals surface area contributed by atoms with Crippen LogP contribution in [0.3, 0.4) is 0 Å². The molecule has 0 bridgehead atoms. The maximum absolute atomic E-state index is 14.1. The van der Waals surface area contributed by atoms with Gasteiger partial charge in [0.2, 0.25) is 11.8 Å². The number of carbonyl (C=O) groups excluding carboxylic acids is 2. The van der Waals surface area contributed by atoms with Crippen LogP contribution in [0.2, 0.25) is 10.0 Å². The van der Waals surface area contributed by atoms with Gasteiger partial charge in [-0.15, -0.1) is 0 Å². The Labute approximate surface area is 254 Å².